The van der Waals surface area contributed by atoms with E-state index in [1.807, 2.05) is 0 Å². The maximum Gasteiger partial charge on any atom is 0.255 e. The number of nitrogens with one attached hydrogen (secondary N) is 1. The minimum Gasteiger partial charge on any atom is -0.508 e. The van der Waals surface area contributed by atoms with Crippen molar-refractivity contribution in [3.05, 3.63) is 52.2 Å². The number of rotatable bonds is 6. The second-order valence-corrected chi connectivity index (χ2v) is 11.4. The summed E-state index contributed by atoms with van der Waals surface area (Å²) in [6.45, 7) is 3.86. The van der Waals surface area contributed by atoms with Gasteiger partial charge in [-0.15, -0.1) is 0 Å². The monoisotopic (exact) mass is 559 g/mol. The largest absolute Gasteiger partial charge is 0.508 e. The van der Waals surface area contributed by atoms with Gasteiger partial charge in [-0.2, -0.15) is 0 Å². The van der Waals surface area contributed by atoms with Gasteiger partial charge in [-0.3, -0.25) is 19.3 Å². The number of hydrogen-bond donors (Lipinski definition) is 6. The molecule has 2 saturated carbocycles. The van der Waals surface area contributed by atoms with Gasteiger partial charge in [0.15, 0.2) is 11.4 Å². The van der Waals surface area contributed by atoms with Crippen LogP contribution in [0.1, 0.15) is 36.8 Å². The van der Waals surface area contributed by atoms with Crippen LogP contribution in [0.2, 0.25) is 0 Å². The molecule has 0 unspecified atom stereocenters. The lowest BCUT2D eigenvalue weighted by Gasteiger charge is -2.50. The van der Waals surface area contributed by atoms with Crippen LogP contribution >= 0.6 is 0 Å². The molecule has 0 saturated heterocycles. The fourth-order valence-electron chi connectivity index (χ4n) is 6.77. The van der Waals surface area contributed by atoms with E-state index < -0.39 is 75.8 Å². The summed E-state index contributed by atoms with van der Waals surface area (Å²) in [6.07, 6.45) is -0.0144. The van der Waals surface area contributed by atoms with Crippen molar-refractivity contribution in [2.24, 2.45) is 23.5 Å². The number of ketones is 2. The topological polar surface area (TPSA) is 173 Å². The van der Waals surface area contributed by atoms with Crippen molar-refractivity contribution in [1.82, 2.24) is 4.90 Å². The van der Waals surface area contributed by atoms with Gasteiger partial charge in [0.25, 0.3) is 5.91 Å². The summed E-state index contributed by atoms with van der Waals surface area (Å²) < 4.78 is 28.6. The Morgan fingerprint density at radius 1 is 1.23 bits per heavy atom. The van der Waals surface area contributed by atoms with Crippen LogP contribution in [0.25, 0.3) is 5.76 Å². The number of aliphatic hydroxyl groups excluding tert-OH is 2. The standard InChI is InChI=1S/C28H31F2N3O7/c1-10(4-11-5-13(29)6-11)32-17-9-16(30)14-7-12-8-15-21(33(2)3)24(36)20(27(31)39)26(38)28(15,40)25(37)18(12)23(35)19(14)22(17)34/h9,11-13,15,21,32,34-35,38,40H,1,4-8H2,2-3H3,(H2,31,39)/t11?,12-,13?,15-,21-,28-/m0/s1. The number of carbonyl (C=O) groups is 3. The van der Waals surface area contributed by atoms with E-state index in [2.05, 4.69) is 11.9 Å². The number of benzene rings is 1. The Labute approximate surface area is 228 Å². The second kappa shape index (κ2) is 9.41. The summed E-state index contributed by atoms with van der Waals surface area (Å²) in [5.41, 5.74) is 1.09. The van der Waals surface area contributed by atoms with Gasteiger partial charge < -0.3 is 31.5 Å². The minimum absolute atomic E-state index is 0.0591. The Morgan fingerprint density at radius 3 is 2.45 bits per heavy atom. The summed E-state index contributed by atoms with van der Waals surface area (Å²) in [6, 6.07) is -0.186. The van der Waals surface area contributed by atoms with Gasteiger partial charge in [-0.1, -0.05) is 6.58 Å². The molecule has 4 aliphatic carbocycles. The van der Waals surface area contributed by atoms with E-state index in [-0.39, 0.29) is 41.1 Å². The van der Waals surface area contributed by atoms with E-state index in [4.69, 9.17) is 5.73 Å². The van der Waals surface area contributed by atoms with Gasteiger partial charge in [-0.25, -0.2) is 8.78 Å². The van der Waals surface area contributed by atoms with Crippen molar-refractivity contribution in [3.8, 4) is 5.75 Å². The van der Waals surface area contributed by atoms with Crippen LogP contribution in [-0.2, 0) is 20.8 Å². The molecule has 4 aliphatic rings. The van der Waals surface area contributed by atoms with Crippen LogP contribution < -0.4 is 11.1 Å². The lowest BCUT2D eigenvalue weighted by atomic mass is 9.57. The SMILES string of the molecule is C=C(CC1CC(F)C1)Nc1cc(F)c2c(c1O)C(O)=C1C(=O)[C@]3(O)C(O)=C(C(N)=O)C(=O)[C@@H](N(C)C)[C@@H]3C[C@@H]1C2. The second-order valence-electron chi connectivity index (χ2n) is 11.4. The lowest BCUT2D eigenvalue weighted by Crippen LogP contribution is -2.65. The number of anilines is 1. The highest BCUT2D eigenvalue weighted by Crippen LogP contribution is 2.53. The molecule has 4 atom stereocenters. The molecule has 0 radical (unpaired) electrons. The van der Waals surface area contributed by atoms with Crippen molar-refractivity contribution >= 4 is 28.9 Å². The number of aromatic hydroxyl groups is 1. The predicted molar refractivity (Wildman–Crippen MR) is 139 cm³/mol. The molecule has 1 amide bonds. The first-order chi connectivity index (χ1) is 18.7. The normalized spacial score (nSPS) is 31.4. The summed E-state index contributed by atoms with van der Waals surface area (Å²) >= 11 is 0. The first-order valence-electron chi connectivity index (χ1n) is 13.0. The number of allylic oxidation sites excluding steroid dienone is 1. The van der Waals surface area contributed by atoms with Gasteiger partial charge in [0, 0.05) is 28.8 Å². The number of fused-ring (bicyclic) bond motifs is 3. The smallest absolute Gasteiger partial charge is 0.255 e. The Hall–Kier alpha value is -3.77. The third-order valence-corrected chi connectivity index (χ3v) is 8.69. The molecule has 7 N–H and O–H groups in total. The summed E-state index contributed by atoms with van der Waals surface area (Å²) in [4.78, 5) is 40.4. The van der Waals surface area contributed by atoms with Gasteiger partial charge in [0.05, 0.1) is 17.3 Å². The molecule has 214 valence electrons. The van der Waals surface area contributed by atoms with Crippen LogP contribution in [0.5, 0.6) is 5.75 Å². The zero-order valence-electron chi connectivity index (χ0n) is 22.0. The number of Topliss-reactive ketones (excluding diaryl/α,β-unsaturated/α-hetero) is 2. The number of likely N-dealkylation sites (N-methyl/N-ethyl adjacent to an activating group) is 1. The quantitative estimate of drug-likeness (QED) is 0.226. The van der Waals surface area contributed by atoms with Crippen LogP contribution in [0.3, 0.4) is 0 Å². The number of hydrogen-bond acceptors (Lipinski definition) is 9. The molecule has 0 heterocycles. The highest BCUT2D eigenvalue weighted by molar-refractivity contribution is 6.24. The number of aliphatic hydroxyl groups is 3. The molecule has 10 nitrogen and oxygen atoms in total. The number of primary amides is 1. The van der Waals surface area contributed by atoms with E-state index in [0.29, 0.717) is 25.0 Å². The molecule has 1 aromatic rings. The van der Waals surface area contributed by atoms with E-state index in [1.54, 1.807) is 0 Å². The molecular weight excluding hydrogens is 528 g/mol. The fraction of sp³-hybridized carbons (Fsp3) is 0.464. The number of halogens is 2. The van der Waals surface area contributed by atoms with Crippen molar-refractivity contribution in [3.63, 3.8) is 0 Å². The molecule has 40 heavy (non-hydrogen) atoms. The van der Waals surface area contributed by atoms with Gasteiger partial charge in [0.1, 0.15) is 34.8 Å². The summed E-state index contributed by atoms with van der Waals surface area (Å²) in [7, 11) is 2.99. The van der Waals surface area contributed by atoms with Crippen LogP contribution in [-0.4, -0.2) is 74.7 Å². The highest BCUT2D eigenvalue weighted by atomic mass is 19.1. The van der Waals surface area contributed by atoms with Gasteiger partial charge in [0.2, 0.25) is 5.78 Å². The van der Waals surface area contributed by atoms with Crippen molar-refractivity contribution in [2.75, 3.05) is 19.4 Å². The van der Waals surface area contributed by atoms with Crippen molar-refractivity contribution in [2.45, 2.75) is 49.9 Å². The molecule has 2 fully saturated rings. The maximum absolute atomic E-state index is 15.4. The summed E-state index contributed by atoms with van der Waals surface area (Å²) in [5, 5.41) is 47.6. The number of phenolic OH excluding ortho intramolecular Hbond substituents is 1. The molecular formula is C28H31F2N3O7. The van der Waals surface area contributed by atoms with Gasteiger partial charge in [-0.05, 0) is 58.0 Å². The summed E-state index contributed by atoms with van der Waals surface area (Å²) in [5.74, 6) is -8.78. The third kappa shape index (κ3) is 3.92. The maximum atomic E-state index is 15.4. The average molecular weight is 560 g/mol. The Bertz CT molecular complexity index is 1430. The fourth-order valence-corrected chi connectivity index (χ4v) is 6.77. The molecule has 0 aromatic heterocycles. The van der Waals surface area contributed by atoms with E-state index >= 15 is 4.39 Å². The van der Waals surface area contributed by atoms with Crippen LogP contribution in [0, 0.1) is 23.6 Å². The number of nitrogens with zero attached hydrogens (tertiary/aromatic N) is 1. The Kier molecular flexibility index (Phi) is 6.54. The number of phenols is 1. The molecule has 1 aromatic carbocycles. The van der Waals surface area contributed by atoms with Crippen molar-refractivity contribution < 1.29 is 43.6 Å². The van der Waals surface area contributed by atoms with Crippen molar-refractivity contribution in [1.29, 1.82) is 0 Å². The van der Waals surface area contributed by atoms with Crippen LogP contribution in [0.4, 0.5) is 14.5 Å². The molecule has 5 rings (SSSR count). The highest BCUT2D eigenvalue weighted by Gasteiger charge is 2.64. The Morgan fingerprint density at radius 2 is 1.88 bits per heavy atom. The molecule has 0 aliphatic heterocycles. The van der Waals surface area contributed by atoms with Crippen LogP contribution in [0.15, 0.2) is 35.2 Å². The first kappa shape index (κ1) is 27.8. The molecule has 0 bridgehead atoms. The molecule has 0 spiro atoms. The number of alkyl halides is 1. The molecule has 12 heteroatoms. The minimum atomic E-state index is -2.78. The lowest BCUT2D eigenvalue weighted by molar-refractivity contribution is -0.153. The average Bonchev–Trinajstić information content (AvgIpc) is 2.83. The number of amides is 1. The van der Waals surface area contributed by atoms with E-state index in [9.17, 15) is 39.2 Å². The van der Waals surface area contributed by atoms with E-state index in [1.165, 1.54) is 19.0 Å². The Balaban J connectivity index is 1.59. The van der Waals surface area contributed by atoms with E-state index in [0.717, 1.165) is 6.07 Å². The number of nitrogens with two attached hydrogens (primary N) is 1. The first-order valence-corrected chi connectivity index (χ1v) is 13.0. The zero-order chi connectivity index (χ0) is 29.4. The van der Waals surface area contributed by atoms with Gasteiger partial charge >= 0.3 is 0 Å². The predicted octanol–water partition coefficient (Wildman–Crippen LogP) is 2.17. The zero-order valence-corrected chi connectivity index (χ0v) is 22.0. The third-order valence-electron chi connectivity index (χ3n) is 8.69. The number of carbonyl (C=O) groups excluding carboxylic acids is 3.